The third-order valence-corrected chi connectivity index (χ3v) is 5.54. The first-order valence-electron chi connectivity index (χ1n) is 8.94. The lowest BCUT2D eigenvalue weighted by Crippen LogP contribution is -2.56. The number of amides is 1. The number of aromatic amines is 1. The van der Waals surface area contributed by atoms with Crippen molar-refractivity contribution in [2.75, 3.05) is 19.7 Å². The van der Waals surface area contributed by atoms with Crippen LogP contribution >= 0.6 is 0 Å². The van der Waals surface area contributed by atoms with E-state index >= 15 is 0 Å². The van der Waals surface area contributed by atoms with E-state index in [9.17, 15) is 4.79 Å². The quantitative estimate of drug-likeness (QED) is 0.897. The van der Waals surface area contributed by atoms with Gasteiger partial charge < -0.3 is 14.6 Å². The van der Waals surface area contributed by atoms with Crippen LogP contribution in [-0.4, -0.2) is 57.1 Å². The van der Waals surface area contributed by atoms with Gasteiger partial charge in [-0.3, -0.25) is 9.69 Å². The van der Waals surface area contributed by atoms with Crippen molar-refractivity contribution in [3.8, 4) is 0 Å². The molecule has 4 rings (SSSR count). The lowest BCUT2D eigenvalue weighted by molar-refractivity contribution is -0.180. The summed E-state index contributed by atoms with van der Waals surface area (Å²) in [6.07, 6.45) is 7.80. The molecule has 4 heterocycles. The molecule has 1 aromatic rings. The van der Waals surface area contributed by atoms with E-state index in [-0.39, 0.29) is 17.7 Å². The van der Waals surface area contributed by atoms with E-state index in [0.717, 1.165) is 57.0 Å². The zero-order valence-corrected chi connectivity index (χ0v) is 13.9. The fraction of sp³-hybridized carbons (Fsp3) is 0.765. The van der Waals surface area contributed by atoms with Crippen molar-refractivity contribution in [2.45, 2.75) is 63.8 Å². The summed E-state index contributed by atoms with van der Waals surface area (Å²) in [7, 11) is 0. The molecule has 1 N–H and O–H groups in total. The van der Waals surface area contributed by atoms with Crippen LogP contribution in [0.2, 0.25) is 0 Å². The molecule has 3 fully saturated rings. The first kappa shape index (κ1) is 15.1. The Bertz CT molecular complexity index is 587. The summed E-state index contributed by atoms with van der Waals surface area (Å²) in [5.41, 5.74) is 0.801. The van der Waals surface area contributed by atoms with E-state index < -0.39 is 0 Å². The fourth-order valence-electron chi connectivity index (χ4n) is 4.40. The topological polar surface area (TPSA) is 61.5 Å². The molecular weight excluding hydrogens is 292 g/mol. The van der Waals surface area contributed by atoms with E-state index in [2.05, 4.69) is 21.8 Å². The highest BCUT2D eigenvalue weighted by Crippen LogP contribution is 2.45. The second-order valence-corrected chi connectivity index (χ2v) is 6.99. The second kappa shape index (κ2) is 5.91. The molecule has 3 saturated heterocycles. The van der Waals surface area contributed by atoms with E-state index in [1.165, 1.54) is 12.8 Å². The van der Waals surface area contributed by atoms with Crippen molar-refractivity contribution in [2.24, 2.45) is 0 Å². The van der Waals surface area contributed by atoms with Crippen LogP contribution in [0.1, 0.15) is 50.5 Å². The maximum atomic E-state index is 12.3. The first-order chi connectivity index (χ1) is 11.2. The third kappa shape index (κ3) is 2.48. The van der Waals surface area contributed by atoms with Gasteiger partial charge in [-0.05, 0) is 12.8 Å². The molecule has 1 spiro atoms. The average Bonchev–Trinajstić information content (AvgIpc) is 3.21. The smallest absolute Gasteiger partial charge is 0.226 e. The Labute approximate surface area is 137 Å². The Kier molecular flexibility index (Phi) is 3.89. The molecule has 1 amide bonds. The molecule has 2 atom stereocenters. The van der Waals surface area contributed by atoms with Crippen LogP contribution in [0.4, 0.5) is 0 Å². The van der Waals surface area contributed by atoms with Gasteiger partial charge in [0.05, 0.1) is 12.6 Å². The molecule has 0 bridgehead atoms. The normalized spacial score (nSPS) is 30.7. The van der Waals surface area contributed by atoms with Crippen molar-refractivity contribution in [1.82, 2.24) is 19.8 Å². The highest BCUT2D eigenvalue weighted by atomic mass is 16.5. The molecule has 3 aliphatic heterocycles. The zero-order chi connectivity index (χ0) is 15.9. The highest BCUT2D eigenvalue weighted by molar-refractivity contribution is 5.81. The largest absolute Gasteiger partial charge is 0.354 e. The Morgan fingerprint density at radius 3 is 3.26 bits per heavy atom. The monoisotopic (exact) mass is 318 g/mol. The van der Waals surface area contributed by atoms with Gasteiger partial charge in [0.25, 0.3) is 0 Å². The summed E-state index contributed by atoms with van der Waals surface area (Å²) in [6, 6.07) is 0.192. The number of H-pyrrole nitrogens is 1. The van der Waals surface area contributed by atoms with Gasteiger partial charge in [-0.2, -0.15) is 0 Å². The molecule has 126 valence electrons. The SMILES string of the molecule is CCCCc1ncc(CN2CC[C@@]34OCCCN3C(=O)C[C@@H]24)[nH]1. The highest BCUT2D eigenvalue weighted by Gasteiger charge is 2.60. The summed E-state index contributed by atoms with van der Waals surface area (Å²) >= 11 is 0. The van der Waals surface area contributed by atoms with E-state index in [0.29, 0.717) is 6.42 Å². The standard InChI is InChI=1S/C17H26N4O2/c1-2-3-5-15-18-11-13(19-15)12-20-8-6-17-14(20)10-16(22)21(17)7-4-9-23-17/h11,14H,2-10,12H2,1H3,(H,18,19)/t14-,17+/m1/s1. The number of rotatable bonds is 5. The minimum absolute atomic E-state index is 0.192. The van der Waals surface area contributed by atoms with Crippen LogP contribution in [0.15, 0.2) is 6.20 Å². The molecule has 0 saturated carbocycles. The summed E-state index contributed by atoms with van der Waals surface area (Å²) in [5.74, 6) is 1.33. The van der Waals surface area contributed by atoms with Gasteiger partial charge in [-0.1, -0.05) is 13.3 Å². The van der Waals surface area contributed by atoms with Crippen LogP contribution in [0.3, 0.4) is 0 Å². The summed E-state index contributed by atoms with van der Waals surface area (Å²) < 4.78 is 6.15. The van der Waals surface area contributed by atoms with Gasteiger partial charge in [0.2, 0.25) is 5.91 Å². The fourth-order valence-corrected chi connectivity index (χ4v) is 4.40. The number of ether oxygens (including phenoxy) is 1. The number of hydrogen-bond acceptors (Lipinski definition) is 4. The van der Waals surface area contributed by atoms with Gasteiger partial charge in [0.1, 0.15) is 5.82 Å². The van der Waals surface area contributed by atoms with E-state index in [1.807, 2.05) is 11.1 Å². The molecule has 6 heteroatoms. The molecule has 0 radical (unpaired) electrons. The number of hydrogen-bond donors (Lipinski definition) is 1. The lowest BCUT2D eigenvalue weighted by atomic mass is 10.0. The van der Waals surface area contributed by atoms with Crippen molar-refractivity contribution >= 4 is 5.91 Å². The number of carbonyl (C=O) groups is 1. The van der Waals surface area contributed by atoms with Crippen LogP contribution in [0, 0.1) is 0 Å². The third-order valence-electron chi connectivity index (χ3n) is 5.54. The van der Waals surface area contributed by atoms with E-state index in [1.54, 1.807) is 0 Å². The van der Waals surface area contributed by atoms with Gasteiger partial charge in [-0.15, -0.1) is 0 Å². The number of aryl methyl sites for hydroxylation is 1. The maximum Gasteiger partial charge on any atom is 0.226 e. The molecule has 1 aromatic heterocycles. The van der Waals surface area contributed by atoms with Crippen LogP contribution in [0.25, 0.3) is 0 Å². The van der Waals surface area contributed by atoms with Crippen LogP contribution in [-0.2, 0) is 22.5 Å². The number of imidazole rings is 1. The van der Waals surface area contributed by atoms with Crippen molar-refractivity contribution in [3.63, 3.8) is 0 Å². The minimum atomic E-state index is -0.347. The predicted molar refractivity (Wildman–Crippen MR) is 85.6 cm³/mol. The predicted octanol–water partition coefficient (Wildman–Crippen LogP) is 1.68. The molecule has 6 nitrogen and oxygen atoms in total. The molecule has 3 aliphatic rings. The number of carbonyl (C=O) groups excluding carboxylic acids is 1. The number of nitrogens with one attached hydrogen (secondary N) is 1. The number of likely N-dealkylation sites (tertiary alicyclic amines) is 1. The molecular formula is C17H26N4O2. The van der Waals surface area contributed by atoms with Crippen LogP contribution < -0.4 is 0 Å². The molecule has 0 aromatic carbocycles. The second-order valence-electron chi connectivity index (χ2n) is 6.99. The molecule has 0 aliphatic carbocycles. The zero-order valence-electron chi connectivity index (χ0n) is 13.9. The Hall–Kier alpha value is -1.40. The van der Waals surface area contributed by atoms with Crippen molar-refractivity contribution < 1.29 is 9.53 Å². The van der Waals surface area contributed by atoms with Crippen molar-refractivity contribution in [1.29, 1.82) is 0 Å². The first-order valence-corrected chi connectivity index (χ1v) is 8.94. The summed E-state index contributed by atoms with van der Waals surface area (Å²) in [5, 5.41) is 0. The van der Waals surface area contributed by atoms with Gasteiger partial charge in [0.15, 0.2) is 5.72 Å². The Morgan fingerprint density at radius 2 is 2.39 bits per heavy atom. The Balaban J connectivity index is 1.47. The molecule has 23 heavy (non-hydrogen) atoms. The summed E-state index contributed by atoms with van der Waals surface area (Å²) in [4.78, 5) is 24.7. The Morgan fingerprint density at radius 1 is 1.48 bits per heavy atom. The number of nitrogens with zero attached hydrogens (tertiary/aromatic N) is 3. The average molecular weight is 318 g/mol. The van der Waals surface area contributed by atoms with Crippen molar-refractivity contribution in [3.05, 3.63) is 17.7 Å². The number of unbranched alkanes of at least 4 members (excludes halogenated alkanes) is 1. The lowest BCUT2D eigenvalue weighted by Gasteiger charge is -2.42. The van der Waals surface area contributed by atoms with E-state index in [4.69, 9.17) is 4.74 Å². The molecule has 0 unspecified atom stereocenters. The van der Waals surface area contributed by atoms with Crippen LogP contribution in [0.5, 0.6) is 0 Å². The summed E-state index contributed by atoms with van der Waals surface area (Å²) in [6.45, 7) is 5.64. The van der Waals surface area contributed by atoms with Gasteiger partial charge in [0, 0.05) is 50.8 Å². The maximum absolute atomic E-state index is 12.3. The minimum Gasteiger partial charge on any atom is -0.354 e. The number of aromatic nitrogens is 2. The van der Waals surface area contributed by atoms with Gasteiger partial charge in [-0.25, -0.2) is 4.98 Å². The van der Waals surface area contributed by atoms with Gasteiger partial charge >= 0.3 is 0 Å².